The van der Waals surface area contributed by atoms with Crippen LogP contribution in [0.15, 0.2) is 65.8 Å². The van der Waals surface area contributed by atoms with Crippen molar-refractivity contribution < 1.29 is 18.1 Å². The monoisotopic (exact) mass is 401 g/mol. The third kappa shape index (κ3) is 4.92. The molecule has 0 aliphatic heterocycles. The second-order valence-corrected chi connectivity index (χ2v) is 5.94. The third-order valence-electron chi connectivity index (χ3n) is 3.86. The van der Waals surface area contributed by atoms with Crippen LogP contribution in [-0.2, 0) is 6.18 Å². The number of nitrogens with one attached hydrogen (secondary N) is 1. The van der Waals surface area contributed by atoms with Gasteiger partial charge in [0.05, 0.1) is 10.6 Å². The van der Waals surface area contributed by atoms with Gasteiger partial charge in [-0.1, -0.05) is 42.5 Å². The highest BCUT2D eigenvalue weighted by atomic mass is 19.4. The Balaban J connectivity index is 1.95. The smallest absolute Gasteiger partial charge is 0.261 e. The zero-order valence-electron chi connectivity index (χ0n) is 15.0. The van der Waals surface area contributed by atoms with Gasteiger partial charge in [-0.3, -0.25) is 15.5 Å². The quantitative estimate of drug-likeness (QED) is 0.373. The maximum Gasteiger partial charge on any atom is 0.433 e. The molecule has 1 N–H and O–H groups in total. The summed E-state index contributed by atoms with van der Waals surface area (Å²) in [5.74, 6) is -0.262. The summed E-state index contributed by atoms with van der Waals surface area (Å²) in [6, 6.07) is 14.7. The average Bonchev–Trinajstić information content (AvgIpc) is 2.72. The average molecular weight is 401 g/mol. The van der Waals surface area contributed by atoms with Crippen molar-refractivity contribution in [3.05, 3.63) is 82.0 Å². The molecule has 29 heavy (non-hydrogen) atoms. The topological polar surface area (TPSA) is 93.3 Å². The van der Waals surface area contributed by atoms with E-state index >= 15 is 0 Å². The van der Waals surface area contributed by atoms with Crippen LogP contribution in [0.2, 0.25) is 0 Å². The molecule has 7 nitrogen and oxygen atoms in total. The van der Waals surface area contributed by atoms with Crippen molar-refractivity contribution in [2.45, 2.75) is 13.1 Å². The number of rotatable bonds is 5. The zero-order chi connectivity index (χ0) is 21.0. The van der Waals surface area contributed by atoms with Gasteiger partial charge in [-0.2, -0.15) is 18.3 Å². The Morgan fingerprint density at radius 1 is 1.07 bits per heavy atom. The maximum atomic E-state index is 13.2. The molecule has 0 aliphatic carbocycles. The Morgan fingerprint density at radius 2 is 1.79 bits per heavy atom. The van der Waals surface area contributed by atoms with E-state index < -0.39 is 16.8 Å². The van der Waals surface area contributed by atoms with Crippen molar-refractivity contribution in [2.75, 3.05) is 5.43 Å². The molecule has 0 radical (unpaired) electrons. The van der Waals surface area contributed by atoms with Crippen LogP contribution in [0.5, 0.6) is 0 Å². The number of nitro groups is 1. The van der Waals surface area contributed by atoms with Crippen LogP contribution in [-0.4, -0.2) is 20.6 Å². The molecule has 0 spiro atoms. The van der Waals surface area contributed by atoms with Crippen LogP contribution >= 0.6 is 0 Å². The fourth-order valence-corrected chi connectivity index (χ4v) is 2.42. The molecule has 0 saturated heterocycles. The predicted molar refractivity (Wildman–Crippen MR) is 101 cm³/mol. The number of nitrogens with zero attached hydrogens (tertiary/aromatic N) is 4. The minimum atomic E-state index is -4.66. The summed E-state index contributed by atoms with van der Waals surface area (Å²) in [4.78, 5) is 18.0. The van der Waals surface area contributed by atoms with Gasteiger partial charge in [0.1, 0.15) is 0 Å². The summed E-state index contributed by atoms with van der Waals surface area (Å²) in [6.07, 6.45) is -4.66. The molecule has 148 valence electrons. The Hall–Kier alpha value is -3.82. The Morgan fingerprint density at radius 3 is 2.45 bits per heavy atom. The van der Waals surface area contributed by atoms with Crippen molar-refractivity contribution in [1.29, 1.82) is 0 Å². The molecule has 3 aromatic rings. The summed E-state index contributed by atoms with van der Waals surface area (Å²) in [6.45, 7) is 1.57. The van der Waals surface area contributed by atoms with Gasteiger partial charge in [-0.25, -0.2) is 9.97 Å². The van der Waals surface area contributed by atoms with Gasteiger partial charge in [0.15, 0.2) is 17.3 Å². The summed E-state index contributed by atoms with van der Waals surface area (Å²) < 4.78 is 39.7. The van der Waals surface area contributed by atoms with Crippen molar-refractivity contribution in [1.82, 2.24) is 9.97 Å². The number of halogens is 3. The fourth-order valence-electron chi connectivity index (χ4n) is 2.42. The molecular formula is C19H14F3N5O2. The van der Waals surface area contributed by atoms with Crippen LogP contribution in [0.1, 0.15) is 18.2 Å². The third-order valence-corrected chi connectivity index (χ3v) is 3.86. The second kappa shape index (κ2) is 8.05. The van der Waals surface area contributed by atoms with Crippen LogP contribution in [0.4, 0.5) is 24.7 Å². The molecule has 10 heteroatoms. The largest absolute Gasteiger partial charge is 0.433 e. The number of aromatic nitrogens is 2. The van der Waals surface area contributed by atoms with Gasteiger partial charge in [0.25, 0.3) is 5.69 Å². The van der Waals surface area contributed by atoms with E-state index in [4.69, 9.17) is 0 Å². The highest BCUT2D eigenvalue weighted by Crippen LogP contribution is 2.30. The van der Waals surface area contributed by atoms with E-state index in [1.807, 2.05) is 0 Å². The lowest BCUT2D eigenvalue weighted by molar-refractivity contribution is -0.384. The van der Waals surface area contributed by atoms with Gasteiger partial charge in [-0.15, -0.1) is 0 Å². The Labute approximate surface area is 163 Å². The van der Waals surface area contributed by atoms with Crippen molar-refractivity contribution in [3.63, 3.8) is 0 Å². The Kier molecular flexibility index (Phi) is 5.53. The van der Waals surface area contributed by atoms with Gasteiger partial charge in [-0.05, 0) is 6.92 Å². The maximum absolute atomic E-state index is 13.2. The highest BCUT2D eigenvalue weighted by Gasteiger charge is 2.33. The number of benzene rings is 2. The van der Waals surface area contributed by atoms with Crippen molar-refractivity contribution in [3.8, 4) is 11.4 Å². The number of alkyl halides is 3. The molecule has 0 aliphatic rings. The molecule has 0 fully saturated rings. The molecule has 1 heterocycles. The second-order valence-electron chi connectivity index (χ2n) is 5.94. The molecule has 0 amide bonds. The number of anilines is 1. The first-order valence-electron chi connectivity index (χ1n) is 8.31. The SMILES string of the molecule is C/C(=N/Nc1cc(C(F)(F)F)nc(-c2ccccc2)n1)c1cccc([N+](=O)[O-])c1. The van der Waals surface area contributed by atoms with E-state index in [0.717, 1.165) is 6.07 Å². The molecule has 0 bridgehead atoms. The number of nitro benzene ring substituents is 1. The van der Waals surface area contributed by atoms with E-state index in [2.05, 4.69) is 20.5 Å². The summed E-state index contributed by atoms with van der Waals surface area (Å²) in [5.41, 5.74) is 2.44. The van der Waals surface area contributed by atoms with Crippen LogP contribution in [0.25, 0.3) is 11.4 Å². The summed E-state index contributed by atoms with van der Waals surface area (Å²) >= 11 is 0. The lowest BCUT2D eigenvalue weighted by Gasteiger charge is -2.10. The Bertz CT molecular complexity index is 1070. The molecular weight excluding hydrogens is 387 g/mol. The standard InChI is InChI=1S/C19H14F3N5O2/c1-12(14-8-5-9-15(10-14)27(28)29)25-26-17-11-16(19(20,21)22)23-18(24-17)13-6-3-2-4-7-13/h2-11H,1H3,(H,23,24,26)/b25-12-. The normalized spacial score (nSPS) is 11.9. The molecule has 0 atom stereocenters. The number of hydrazone groups is 1. The molecule has 3 rings (SSSR count). The zero-order valence-corrected chi connectivity index (χ0v) is 15.0. The predicted octanol–water partition coefficient (Wildman–Crippen LogP) is 4.91. The van der Waals surface area contributed by atoms with E-state index in [0.29, 0.717) is 16.8 Å². The van der Waals surface area contributed by atoms with E-state index in [1.54, 1.807) is 43.3 Å². The lowest BCUT2D eigenvalue weighted by Crippen LogP contribution is -2.11. The summed E-state index contributed by atoms with van der Waals surface area (Å²) in [7, 11) is 0. The van der Waals surface area contributed by atoms with Gasteiger partial charge in [0, 0.05) is 29.3 Å². The van der Waals surface area contributed by atoms with E-state index in [-0.39, 0.29) is 17.3 Å². The van der Waals surface area contributed by atoms with Crippen molar-refractivity contribution in [2.24, 2.45) is 5.10 Å². The summed E-state index contributed by atoms with van der Waals surface area (Å²) in [5, 5.41) is 14.9. The van der Waals surface area contributed by atoms with Crippen molar-refractivity contribution >= 4 is 17.2 Å². The van der Waals surface area contributed by atoms with Gasteiger partial charge in [0.2, 0.25) is 0 Å². The minimum Gasteiger partial charge on any atom is -0.261 e. The van der Waals surface area contributed by atoms with E-state index in [9.17, 15) is 23.3 Å². The first-order chi connectivity index (χ1) is 13.7. The first-order valence-corrected chi connectivity index (χ1v) is 8.31. The van der Waals surface area contributed by atoms with E-state index in [1.165, 1.54) is 18.2 Å². The molecule has 2 aromatic carbocycles. The first kappa shape index (κ1) is 19.9. The van der Waals surface area contributed by atoms with Crippen LogP contribution < -0.4 is 5.43 Å². The van der Waals surface area contributed by atoms with Crippen LogP contribution in [0.3, 0.4) is 0 Å². The molecule has 1 aromatic heterocycles. The number of hydrogen-bond donors (Lipinski definition) is 1. The van der Waals surface area contributed by atoms with Gasteiger partial charge < -0.3 is 0 Å². The molecule has 0 saturated carbocycles. The molecule has 0 unspecified atom stereocenters. The number of non-ortho nitro benzene ring substituents is 1. The van der Waals surface area contributed by atoms with Gasteiger partial charge >= 0.3 is 6.18 Å². The highest BCUT2D eigenvalue weighted by molar-refractivity contribution is 5.99. The number of hydrogen-bond acceptors (Lipinski definition) is 6. The fraction of sp³-hybridized carbons (Fsp3) is 0.105. The lowest BCUT2D eigenvalue weighted by atomic mass is 10.1. The minimum absolute atomic E-state index is 0.105. The van der Waals surface area contributed by atoms with Crippen LogP contribution in [0, 0.1) is 10.1 Å².